The first kappa shape index (κ1) is 19.4. The molecule has 0 unspecified atom stereocenters. The van der Waals surface area contributed by atoms with Crippen LogP contribution in [0.25, 0.3) is 10.2 Å². The van der Waals surface area contributed by atoms with Gasteiger partial charge in [0.25, 0.3) is 5.69 Å². The van der Waals surface area contributed by atoms with E-state index in [4.69, 9.17) is 10.5 Å². The highest BCUT2D eigenvalue weighted by Crippen LogP contribution is 2.23. The molecule has 1 aromatic heterocycles. The van der Waals surface area contributed by atoms with Crippen molar-refractivity contribution >= 4 is 39.1 Å². The number of nitro groups is 1. The maximum Gasteiger partial charge on any atom is 0.306 e. The summed E-state index contributed by atoms with van der Waals surface area (Å²) in [6.45, 7) is -0.241. The molecule has 0 aliphatic carbocycles. The van der Waals surface area contributed by atoms with Gasteiger partial charge in [-0.25, -0.2) is 4.98 Å². The number of esters is 1. The summed E-state index contributed by atoms with van der Waals surface area (Å²) in [4.78, 5) is 38.1. The highest BCUT2D eigenvalue weighted by atomic mass is 32.1. The molecule has 2 aromatic carbocycles. The van der Waals surface area contributed by atoms with Gasteiger partial charge in [0.05, 0.1) is 25.7 Å². The first-order valence-electron chi connectivity index (χ1n) is 8.51. The molecule has 2 N–H and O–H groups in total. The summed E-state index contributed by atoms with van der Waals surface area (Å²) in [6, 6.07) is 11.6. The van der Waals surface area contributed by atoms with Crippen molar-refractivity contribution in [1.82, 2.24) is 4.98 Å². The number of nitrogens with zero attached hydrogens (tertiary/aromatic N) is 2. The zero-order valence-electron chi connectivity index (χ0n) is 14.8. The van der Waals surface area contributed by atoms with Crippen LogP contribution in [0, 0.1) is 10.1 Å². The lowest BCUT2D eigenvalue weighted by Gasteiger charge is -2.06. The molecule has 0 aliphatic rings. The minimum atomic E-state index is -0.763. The summed E-state index contributed by atoms with van der Waals surface area (Å²) < 4.78 is 6.24. The van der Waals surface area contributed by atoms with E-state index in [2.05, 4.69) is 4.98 Å². The Kier molecular flexibility index (Phi) is 5.95. The normalized spacial score (nSPS) is 10.7. The number of primary amides is 1. The smallest absolute Gasteiger partial charge is 0.306 e. The number of aryl methyl sites for hydroxylation is 1. The zero-order chi connectivity index (χ0) is 20.1. The maximum atomic E-state index is 12.0. The Morgan fingerprint density at radius 2 is 2.00 bits per heavy atom. The molecule has 9 heteroatoms. The lowest BCUT2D eigenvalue weighted by molar-refractivity contribution is -0.385. The summed E-state index contributed by atoms with van der Waals surface area (Å²) >= 11 is 1.59. The van der Waals surface area contributed by atoms with E-state index < -0.39 is 16.8 Å². The number of carbonyl (C=O) groups is 2. The molecule has 0 fully saturated rings. The molecule has 0 bridgehead atoms. The monoisotopic (exact) mass is 399 g/mol. The van der Waals surface area contributed by atoms with Gasteiger partial charge in [-0.1, -0.05) is 12.1 Å². The van der Waals surface area contributed by atoms with Gasteiger partial charge >= 0.3 is 5.97 Å². The topological polar surface area (TPSA) is 125 Å². The summed E-state index contributed by atoms with van der Waals surface area (Å²) in [6.07, 6.45) is 1.41. The summed E-state index contributed by atoms with van der Waals surface area (Å²) in [7, 11) is 0. The van der Waals surface area contributed by atoms with Crippen LogP contribution >= 0.6 is 11.3 Å². The molecule has 144 valence electrons. The third kappa shape index (κ3) is 4.68. The molecule has 0 saturated carbocycles. The van der Waals surface area contributed by atoms with Crippen molar-refractivity contribution in [2.75, 3.05) is 0 Å². The summed E-state index contributed by atoms with van der Waals surface area (Å²) in [5, 5.41) is 12.1. The van der Waals surface area contributed by atoms with Gasteiger partial charge in [0.1, 0.15) is 6.61 Å². The fourth-order valence-electron chi connectivity index (χ4n) is 2.65. The van der Waals surface area contributed by atoms with E-state index in [1.807, 2.05) is 24.3 Å². The maximum absolute atomic E-state index is 12.0. The molecule has 3 aromatic rings. The van der Waals surface area contributed by atoms with Gasteiger partial charge in [-0.2, -0.15) is 0 Å². The van der Waals surface area contributed by atoms with Crippen LogP contribution in [0.3, 0.4) is 0 Å². The van der Waals surface area contributed by atoms with Gasteiger partial charge in [-0.05, 0) is 37.1 Å². The van der Waals surface area contributed by atoms with Crippen molar-refractivity contribution in [2.24, 2.45) is 5.73 Å². The molecular formula is C19H17N3O5S. The molecular weight excluding hydrogens is 382 g/mol. The van der Waals surface area contributed by atoms with Crippen molar-refractivity contribution in [1.29, 1.82) is 0 Å². The number of ether oxygens (including phenoxy) is 1. The number of thiazole rings is 1. The molecule has 1 heterocycles. The number of fused-ring (bicyclic) bond motifs is 1. The number of rotatable bonds is 8. The largest absolute Gasteiger partial charge is 0.461 e. The first-order chi connectivity index (χ1) is 13.4. The van der Waals surface area contributed by atoms with Gasteiger partial charge in [0, 0.05) is 18.1 Å². The van der Waals surface area contributed by atoms with Crippen molar-refractivity contribution in [3.05, 3.63) is 68.7 Å². The van der Waals surface area contributed by atoms with Crippen LogP contribution < -0.4 is 5.73 Å². The highest BCUT2D eigenvalue weighted by Gasteiger charge is 2.18. The minimum absolute atomic E-state index is 0.0256. The fourth-order valence-corrected chi connectivity index (χ4v) is 3.66. The SMILES string of the molecule is NC(=O)c1ccc(COC(=O)CCCc2nc3ccccc3s2)c([N+](=O)[O-])c1. The standard InChI is InChI=1S/C19H17N3O5S/c20-19(24)12-8-9-13(15(10-12)22(25)26)11-27-18(23)7-3-6-17-21-14-4-1-2-5-16(14)28-17/h1-2,4-5,8-10H,3,6-7,11H2,(H2,20,24). The molecule has 0 spiro atoms. The van der Waals surface area contributed by atoms with E-state index in [1.54, 1.807) is 11.3 Å². The number of nitro benzene ring substituents is 1. The minimum Gasteiger partial charge on any atom is -0.461 e. The number of nitrogens with two attached hydrogens (primary N) is 1. The first-order valence-corrected chi connectivity index (χ1v) is 9.33. The third-order valence-corrected chi connectivity index (χ3v) is 5.16. The average Bonchev–Trinajstić information content (AvgIpc) is 3.08. The van der Waals surface area contributed by atoms with Gasteiger partial charge in [0.15, 0.2) is 0 Å². The molecule has 1 amide bonds. The Labute approximate surface area is 164 Å². The van der Waals surface area contributed by atoms with Gasteiger partial charge < -0.3 is 10.5 Å². The van der Waals surface area contributed by atoms with E-state index in [-0.39, 0.29) is 29.8 Å². The predicted octanol–water partition coefficient (Wildman–Crippen LogP) is 3.37. The van der Waals surface area contributed by atoms with Crippen LogP contribution in [0.1, 0.15) is 33.8 Å². The third-order valence-electron chi connectivity index (χ3n) is 4.06. The second-order valence-corrected chi connectivity index (χ2v) is 7.17. The van der Waals surface area contributed by atoms with Crippen LogP contribution in [-0.2, 0) is 22.6 Å². The number of amides is 1. The van der Waals surface area contributed by atoms with Crippen molar-refractivity contribution in [3.8, 4) is 0 Å². The number of para-hydroxylation sites is 1. The second kappa shape index (κ2) is 8.57. The van der Waals surface area contributed by atoms with Crippen molar-refractivity contribution in [2.45, 2.75) is 25.9 Å². The Morgan fingerprint density at radius 3 is 2.71 bits per heavy atom. The second-order valence-electron chi connectivity index (χ2n) is 6.05. The highest BCUT2D eigenvalue weighted by molar-refractivity contribution is 7.18. The lowest BCUT2D eigenvalue weighted by atomic mass is 10.1. The van der Waals surface area contributed by atoms with Crippen LogP contribution in [0.2, 0.25) is 0 Å². The van der Waals surface area contributed by atoms with E-state index in [1.165, 1.54) is 12.1 Å². The van der Waals surface area contributed by atoms with E-state index >= 15 is 0 Å². The van der Waals surface area contributed by atoms with Crippen molar-refractivity contribution in [3.63, 3.8) is 0 Å². The van der Waals surface area contributed by atoms with Gasteiger partial charge in [-0.15, -0.1) is 11.3 Å². The number of carbonyl (C=O) groups excluding carboxylic acids is 2. The quantitative estimate of drug-likeness (QED) is 0.352. The summed E-state index contributed by atoms with van der Waals surface area (Å²) in [5.74, 6) is -1.21. The zero-order valence-corrected chi connectivity index (χ0v) is 15.6. The fraction of sp³-hybridized carbons (Fsp3) is 0.211. The van der Waals surface area contributed by atoms with E-state index in [0.717, 1.165) is 21.3 Å². The Hall–Kier alpha value is -3.33. The van der Waals surface area contributed by atoms with Gasteiger partial charge in [0.2, 0.25) is 5.91 Å². The Balaban J connectivity index is 1.52. The molecule has 8 nitrogen and oxygen atoms in total. The number of hydrogen-bond acceptors (Lipinski definition) is 7. The van der Waals surface area contributed by atoms with Crippen LogP contribution in [0.15, 0.2) is 42.5 Å². The van der Waals surface area contributed by atoms with E-state index in [9.17, 15) is 19.7 Å². The molecule has 0 atom stereocenters. The predicted molar refractivity (Wildman–Crippen MR) is 104 cm³/mol. The van der Waals surface area contributed by atoms with Crippen LogP contribution in [-0.4, -0.2) is 21.8 Å². The van der Waals surface area contributed by atoms with Crippen LogP contribution in [0.5, 0.6) is 0 Å². The molecule has 0 aliphatic heterocycles. The Morgan fingerprint density at radius 1 is 1.21 bits per heavy atom. The number of benzene rings is 2. The average molecular weight is 399 g/mol. The summed E-state index contributed by atoms with van der Waals surface area (Å²) in [5.41, 5.74) is 5.99. The molecule has 0 saturated heterocycles. The lowest BCUT2D eigenvalue weighted by Crippen LogP contribution is -2.12. The number of hydrogen-bond donors (Lipinski definition) is 1. The number of aromatic nitrogens is 1. The van der Waals surface area contributed by atoms with Crippen LogP contribution in [0.4, 0.5) is 5.69 Å². The molecule has 28 heavy (non-hydrogen) atoms. The van der Waals surface area contributed by atoms with Gasteiger partial charge in [-0.3, -0.25) is 19.7 Å². The molecule has 0 radical (unpaired) electrons. The van der Waals surface area contributed by atoms with E-state index in [0.29, 0.717) is 12.8 Å². The molecule has 3 rings (SSSR count). The van der Waals surface area contributed by atoms with Crippen molar-refractivity contribution < 1.29 is 19.2 Å². The Bertz CT molecular complexity index is 1010.